The number of aryl methyl sites for hydroxylation is 3. The molecule has 0 aliphatic carbocycles. The Balaban J connectivity index is 1.77. The first-order chi connectivity index (χ1) is 15.1. The largest absolute Gasteiger partial charge is 0.316 e. The fourth-order valence-electron chi connectivity index (χ4n) is 3.86. The van der Waals surface area contributed by atoms with Gasteiger partial charge >= 0.3 is 11.1 Å². The zero-order chi connectivity index (χ0) is 23.2. The minimum atomic E-state index is -4.02. The maximum atomic E-state index is 14.3. The molecular weight excluding hydrogens is 433 g/mol. The maximum Gasteiger partial charge on any atom is 0.314 e. The van der Waals surface area contributed by atoms with E-state index < -0.39 is 21.1 Å². The minimum absolute atomic E-state index is 0.0406. The summed E-state index contributed by atoms with van der Waals surface area (Å²) >= 11 is 0. The van der Waals surface area contributed by atoms with E-state index in [-0.39, 0.29) is 16.2 Å². The van der Waals surface area contributed by atoms with Gasteiger partial charge in [-0.2, -0.15) is 0 Å². The van der Waals surface area contributed by atoms with E-state index in [1.54, 1.807) is 51.1 Å². The molecule has 32 heavy (non-hydrogen) atoms. The van der Waals surface area contributed by atoms with Crippen molar-refractivity contribution in [1.29, 1.82) is 0 Å². The number of nitrogens with one attached hydrogen (secondary N) is 3. The molecule has 0 amide bonds. The first-order valence-electron chi connectivity index (χ1n) is 9.73. The Hall–Kier alpha value is -3.72. The molecule has 4 rings (SSSR count). The smallest absolute Gasteiger partial charge is 0.314 e. The second-order valence-corrected chi connectivity index (χ2v) is 9.29. The maximum absolute atomic E-state index is 14.3. The van der Waals surface area contributed by atoms with Crippen molar-refractivity contribution in [1.82, 2.24) is 9.97 Å². The van der Waals surface area contributed by atoms with Gasteiger partial charge in [0.25, 0.3) is 10.0 Å². The highest BCUT2D eigenvalue weighted by Crippen LogP contribution is 2.33. The van der Waals surface area contributed by atoms with Gasteiger partial charge in [-0.25, -0.2) is 12.8 Å². The van der Waals surface area contributed by atoms with Gasteiger partial charge in [-0.1, -0.05) is 18.2 Å². The molecule has 0 spiro atoms. The van der Waals surface area contributed by atoms with Crippen LogP contribution in [0.1, 0.15) is 16.7 Å². The quantitative estimate of drug-likeness (QED) is 0.409. The Morgan fingerprint density at radius 2 is 1.38 bits per heavy atom. The molecule has 0 saturated heterocycles. The molecule has 4 aromatic rings. The van der Waals surface area contributed by atoms with Gasteiger partial charge in [0.15, 0.2) is 0 Å². The number of aromatic amines is 2. The van der Waals surface area contributed by atoms with Crippen molar-refractivity contribution >= 4 is 26.7 Å². The summed E-state index contributed by atoms with van der Waals surface area (Å²) in [6.07, 6.45) is 0. The van der Waals surface area contributed by atoms with Crippen LogP contribution in [0, 0.1) is 26.6 Å². The minimum Gasteiger partial charge on any atom is -0.316 e. The number of hydrogen-bond donors (Lipinski definition) is 3. The molecule has 3 aromatic carbocycles. The monoisotopic (exact) mass is 453 g/mol. The van der Waals surface area contributed by atoms with Gasteiger partial charge in [0.2, 0.25) is 0 Å². The zero-order valence-electron chi connectivity index (χ0n) is 17.5. The molecule has 0 saturated carbocycles. The topological polar surface area (TPSA) is 112 Å². The Labute approximate surface area is 183 Å². The van der Waals surface area contributed by atoms with Crippen LogP contribution in [0.5, 0.6) is 0 Å². The van der Waals surface area contributed by atoms with E-state index in [0.29, 0.717) is 39.0 Å². The van der Waals surface area contributed by atoms with Crippen LogP contribution < -0.4 is 15.8 Å². The standard InChI is InChI=1S/C23H20FN3O4S/c1-12-10-18-19(26-23(29)22(28)25-18)11-20(12)32(30,31)27-15-8-13(2)21(14(3)9-15)16-6-4-5-7-17(16)24/h4-11,27H,1-3H3,(H,25,28)(H,26,29). The lowest BCUT2D eigenvalue weighted by atomic mass is 9.95. The van der Waals surface area contributed by atoms with Crippen molar-refractivity contribution in [3.8, 4) is 11.1 Å². The summed E-state index contributed by atoms with van der Waals surface area (Å²) in [5.74, 6) is -0.356. The fourth-order valence-corrected chi connectivity index (χ4v) is 5.16. The van der Waals surface area contributed by atoms with E-state index in [1.807, 2.05) is 0 Å². The summed E-state index contributed by atoms with van der Waals surface area (Å²) in [6, 6.07) is 12.5. The number of benzene rings is 3. The first kappa shape index (κ1) is 21.5. The summed E-state index contributed by atoms with van der Waals surface area (Å²) < 4.78 is 43.1. The molecule has 9 heteroatoms. The lowest BCUT2D eigenvalue weighted by molar-refractivity contribution is 0.600. The third-order valence-electron chi connectivity index (χ3n) is 5.24. The number of anilines is 1. The SMILES string of the molecule is Cc1cc2[nH]c(=O)c(=O)[nH]c2cc1S(=O)(=O)Nc1cc(C)c(-c2ccccc2F)c(C)c1. The Morgan fingerprint density at radius 1 is 0.812 bits per heavy atom. The van der Waals surface area contributed by atoms with E-state index in [0.717, 1.165) is 0 Å². The van der Waals surface area contributed by atoms with Crippen molar-refractivity contribution in [2.24, 2.45) is 0 Å². The van der Waals surface area contributed by atoms with Gasteiger partial charge in [0.05, 0.1) is 15.9 Å². The molecule has 0 atom stereocenters. The van der Waals surface area contributed by atoms with E-state index in [4.69, 9.17) is 0 Å². The van der Waals surface area contributed by atoms with Crippen molar-refractivity contribution < 1.29 is 12.8 Å². The molecule has 1 heterocycles. The predicted molar refractivity (Wildman–Crippen MR) is 122 cm³/mol. The second kappa shape index (κ2) is 7.76. The van der Waals surface area contributed by atoms with Crippen LogP contribution >= 0.6 is 0 Å². The van der Waals surface area contributed by atoms with Gasteiger partial charge in [0.1, 0.15) is 5.82 Å². The molecule has 0 unspecified atom stereocenters. The Morgan fingerprint density at radius 3 is 1.97 bits per heavy atom. The van der Waals surface area contributed by atoms with Crippen LogP contribution in [0.4, 0.5) is 10.1 Å². The molecule has 3 N–H and O–H groups in total. The van der Waals surface area contributed by atoms with Gasteiger partial charge in [-0.05, 0) is 73.4 Å². The van der Waals surface area contributed by atoms with Crippen LogP contribution in [0.2, 0.25) is 0 Å². The predicted octanol–water partition coefficient (Wildman–Crippen LogP) is 3.75. The third-order valence-corrected chi connectivity index (χ3v) is 6.76. The molecule has 7 nitrogen and oxygen atoms in total. The Kier molecular flexibility index (Phi) is 5.21. The summed E-state index contributed by atoms with van der Waals surface area (Å²) in [5, 5.41) is 0. The van der Waals surface area contributed by atoms with Gasteiger partial charge in [0, 0.05) is 11.3 Å². The first-order valence-corrected chi connectivity index (χ1v) is 11.2. The number of fused-ring (bicyclic) bond motifs is 1. The van der Waals surface area contributed by atoms with Crippen LogP contribution in [0.25, 0.3) is 22.2 Å². The number of halogens is 1. The van der Waals surface area contributed by atoms with Gasteiger partial charge in [-0.3, -0.25) is 14.3 Å². The van der Waals surface area contributed by atoms with Crippen LogP contribution in [-0.2, 0) is 10.0 Å². The van der Waals surface area contributed by atoms with E-state index in [2.05, 4.69) is 14.7 Å². The van der Waals surface area contributed by atoms with Crippen molar-refractivity contribution in [2.75, 3.05) is 4.72 Å². The van der Waals surface area contributed by atoms with Crippen LogP contribution in [0.15, 0.2) is 63.0 Å². The highest BCUT2D eigenvalue weighted by molar-refractivity contribution is 7.92. The molecule has 0 radical (unpaired) electrons. The lowest BCUT2D eigenvalue weighted by Gasteiger charge is -2.16. The van der Waals surface area contributed by atoms with Gasteiger partial charge in [-0.15, -0.1) is 0 Å². The van der Waals surface area contributed by atoms with Crippen LogP contribution in [0.3, 0.4) is 0 Å². The van der Waals surface area contributed by atoms with Crippen molar-refractivity contribution in [3.63, 3.8) is 0 Å². The number of sulfonamides is 1. The second-order valence-electron chi connectivity index (χ2n) is 7.64. The average Bonchev–Trinajstić information content (AvgIpc) is 2.69. The van der Waals surface area contributed by atoms with E-state index >= 15 is 0 Å². The summed E-state index contributed by atoms with van der Waals surface area (Å²) in [5.41, 5.74) is 2.14. The molecule has 0 bridgehead atoms. The van der Waals surface area contributed by atoms with Crippen molar-refractivity contribution in [3.05, 3.63) is 91.7 Å². The number of hydrogen-bond acceptors (Lipinski definition) is 4. The molecule has 1 aromatic heterocycles. The molecule has 0 fully saturated rings. The van der Waals surface area contributed by atoms with E-state index in [9.17, 15) is 22.4 Å². The summed E-state index contributed by atoms with van der Waals surface area (Å²) in [4.78, 5) is 27.9. The zero-order valence-corrected chi connectivity index (χ0v) is 18.4. The Bertz CT molecular complexity index is 1580. The van der Waals surface area contributed by atoms with E-state index in [1.165, 1.54) is 18.2 Å². The fraction of sp³-hybridized carbons (Fsp3) is 0.130. The number of aromatic nitrogens is 2. The molecule has 0 aliphatic rings. The van der Waals surface area contributed by atoms with Crippen LogP contribution in [-0.4, -0.2) is 18.4 Å². The lowest BCUT2D eigenvalue weighted by Crippen LogP contribution is -2.29. The van der Waals surface area contributed by atoms with Crippen molar-refractivity contribution in [2.45, 2.75) is 25.7 Å². The normalized spacial score (nSPS) is 11.6. The molecule has 0 aliphatic heterocycles. The highest BCUT2D eigenvalue weighted by atomic mass is 32.2. The number of H-pyrrole nitrogens is 2. The average molecular weight is 453 g/mol. The molecular formula is C23H20FN3O4S. The third kappa shape index (κ3) is 3.82. The summed E-state index contributed by atoms with van der Waals surface area (Å²) in [6.45, 7) is 5.17. The van der Waals surface area contributed by atoms with Gasteiger partial charge < -0.3 is 9.97 Å². The summed E-state index contributed by atoms with van der Waals surface area (Å²) in [7, 11) is -4.02. The highest BCUT2D eigenvalue weighted by Gasteiger charge is 2.20. The molecule has 164 valence electrons. The number of rotatable bonds is 4.